The molecule has 3 heteroatoms. The minimum atomic E-state index is 0.516. The number of nitrogens with zero attached hydrogens (tertiary/aromatic N) is 1. The summed E-state index contributed by atoms with van der Waals surface area (Å²) < 4.78 is 5.35. The summed E-state index contributed by atoms with van der Waals surface area (Å²) in [4.78, 5) is 2.55. The maximum Gasteiger partial charge on any atom is 0.0595 e. The van der Waals surface area contributed by atoms with E-state index in [4.69, 9.17) is 4.74 Å². The largest absolute Gasteiger partial charge is 0.381 e. The van der Waals surface area contributed by atoms with Crippen LogP contribution >= 0.6 is 0 Å². The number of likely N-dealkylation sites (tertiary alicyclic amines) is 1. The minimum absolute atomic E-state index is 0.516. The Bertz CT molecular complexity index is 163. The first-order chi connectivity index (χ1) is 6.88. The first-order valence-corrected chi connectivity index (χ1v) is 5.87. The van der Waals surface area contributed by atoms with Crippen molar-refractivity contribution in [2.75, 3.05) is 33.3 Å². The Balaban J connectivity index is 1.53. The highest BCUT2D eigenvalue weighted by Crippen LogP contribution is 2.18. The average molecular weight is 198 g/mol. The van der Waals surface area contributed by atoms with Gasteiger partial charge in [-0.15, -0.1) is 0 Å². The molecule has 0 aromatic heterocycles. The summed E-state index contributed by atoms with van der Waals surface area (Å²) >= 11 is 0. The predicted octanol–water partition coefficient (Wildman–Crippen LogP) is 0.849. The molecule has 82 valence electrons. The van der Waals surface area contributed by atoms with Crippen LogP contribution in [0.3, 0.4) is 0 Å². The Morgan fingerprint density at radius 1 is 1.21 bits per heavy atom. The normalized spacial score (nSPS) is 25.5. The van der Waals surface area contributed by atoms with Crippen LogP contribution in [0.1, 0.15) is 25.7 Å². The zero-order valence-electron chi connectivity index (χ0n) is 9.17. The molecule has 2 rings (SSSR count). The van der Waals surface area contributed by atoms with Crippen molar-refractivity contribution in [2.24, 2.45) is 0 Å². The van der Waals surface area contributed by atoms with E-state index in [1.165, 1.54) is 51.9 Å². The first kappa shape index (κ1) is 10.4. The molecule has 1 saturated heterocycles. The van der Waals surface area contributed by atoms with Gasteiger partial charge in [-0.25, -0.2) is 0 Å². The van der Waals surface area contributed by atoms with E-state index in [2.05, 4.69) is 10.2 Å². The van der Waals surface area contributed by atoms with E-state index in [1.807, 2.05) is 7.11 Å². The van der Waals surface area contributed by atoms with Crippen molar-refractivity contribution in [1.82, 2.24) is 10.2 Å². The van der Waals surface area contributed by atoms with Crippen LogP contribution < -0.4 is 5.32 Å². The van der Waals surface area contributed by atoms with Crippen molar-refractivity contribution < 1.29 is 4.74 Å². The maximum atomic E-state index is 5.35. The lowest BCUT2D eigenvalue weighted by atomic mass is 10.1. The summed E-state index contributed by atoms with van der Waals surface area (Å²) in [5.41, 5.74) is 0. The number of ether oxygens (including phenoxy) is 1. The summed E-state index contributed by atoms with van der Waals surface area (Å²) in [6.07, 6.45) is 5.72. The highest BCUT2D eigenvalue weighted by molar-refractivity contribution is 4.81. The van der Waals surface area contributed by atoms with Crippen molar-refractivity contribution in [3.63, 3.8) is 0 Å². The highest BCUT2D eigenvalue weighted by atomic mass is 16.5. The van der Waals surface area contributed by atoms with Crippen molar-refractivity contribution >= 4 is 0 Å². The molecule has 0 aromatic rings. The van der Waals surface area contributed by atoms with Crippen LogP contribution in [0.15, 0.2) is 0 Å². The van der Waals surface area contributed by atoms with Gasteiger partial charge in [0.15, 0.2) is 0 Å². The van der Waals surface area contributed by atoms with Gasteiger partial charge in [0.25, 0.3) is 0 Å². The van der Waals surface area contributed by atoms with Gasteiger partial charge in [0.2, 0.25) is 0 Å². The second-order valence-corrected chi connectivity index (χ2v) is 4.51. The molecule has 0 radical (unpaired) electrons. The maximum absolute atomic E-state index is 5.35. The Kier molecular flexibility index (Phi) is 3.79. The first-order valence-electron chi connectivity index (χ1n) is 5.87. The SMILES string of the molecule is COC1CCN(CCNC2CC2)CC1. The summed E-state index contributed by atoms with van der Waals surface area (Å²) in [5.74, 6) is 0. The van der Waals surface area contributed by atoms with Crippen molar-refractivity contribution in [2.45, 2.75) is 37.8 Å². The topological polar surface area (TPSA) is 24.5 Å². The molecule has 0 aromatic carbocycles. The molecule has 0 atom stereocenters. The minimum Gasteiger partial charge on any atom is -0.381 e. The lowest BCUT2D eigenvalue weighted by molar-refractivity contribution is 0.0414. The number of hydrogen-bond donors (Lipinski definition) is 1. The van der Waals surface area contributed by atoms with E-state index >= 15 is 0 Å². The van der Waals surface area contributed by atoms with E-state index < -0.39 is 0 Å². The fourth-order valence-corrected chi connectivity index (χ4v) is 2.08. The van der Waals surface area contributed by atoms with Gasteiger partial charge in [-0.05, 0) is 25.7 Å². The molecule has 2 fully saturated rings. The Hall–Kier alpha value is -0.120. The molecule has 0 amide bonds. The van der Waals surface area contributed by atoms with Crippen molar-refractivity contribution in [3.8, 4) is 0 Å². The third-order valence-corrected chi connectivity index (χ3v) is 3.31. The fraction of sp³-hybridized carbons (Fsp3) is 1.00. The van der Waals surface area contributed by atoms with E-state index in [-0.39, 0.29) is 0 Å². The standard InChI is InChI=1S/C11H22N2O/c1-14-11-4-7-13(8-5-11)9-6-12-10-2-3-10/h10-12H,2-9H2,1H3. The van der Waals surface area contributed by atoms with E-state index in [9.17, 15) is 0 Å². The molecule has 1 aliphatic heterocycles. The molecule has 1 aliphatic carbocycles. The third kappa shape index (κ3) is 3.23. The third-order valence-electron chi connectivity index (χ3n) is 3.31. The van der Waals surface area contributed by atoms with Crippen LogP contribution in [0.4, 0.5) is 0 Å². The molecule has 3 nitrogen and oxygen atoms in total. The summed E-state index contributed by atoms with van der Waals surface area (Å²) in [7, 11) is 1.83. The van der Waals surface area contributed by atoms with E-state index in [0.29, 0.717) is 6.10 Å². The van der Waals surface area contributed by atoms with Crippen LogP contribution in [-0.2, 0) is 4.74 Å². The van der Waals surface area contributed by atoms with Crippen LogP contribution in [0.2, 0.25) is 0 Å². The number of rotatable bonds is 5. The molecular formula is C11H22N2O. The molecule has 1 saturated carbocycles. The summed E-state index contributed by atoms with van der Waals surface area (Å²) in [5, 5.41) is 3.56. The second-order valence-electron chi connectivity index (χ2n) is 4.51. The second kappa shape index (κ2) is 5.10. The number of hydrogen-bond acceptors (Lipinski definition) is 3. The molecule has 1 N–H and O–H groups in total. The molecule has 0 spiro atoms. The fourth-order valence-electron chi connectivity index (χ4n) is 2.08. The van der Waals surface area contributed by atoms with Crippen LogP contribution in [0.25, 0.3) is 0 Å². The Morgan fingerprint density at radius 2 is 1.93 bits per heavy atom. The lowest BCUT2D eigenvalue weighted by Crippen LogP contribution is -2.40. The molecule has 1 heterocycles. The molecule has 0 bridgehead atoms. The van der Waals surface area contributed by atoms with Crippen LogP contribution in [0.5, 0.6) is 0 Å². The van der Waals surface area contributed by atoms with Gasteiger partial charge in [0.1, 0.15) is 0 Å². The monoisotopic (exact) mass is 198 g/mol. The van der Waals surface area contributed by atoms with E-state index in [1.54, 1.807) is 0 Å². The highest BCUT2D eigenvalue weighted by Gasteiger charge is 2.21. The van der Waals surface area contributed by atoms with Gasteiger partial charge in [0, 0.05) is 39.3 Å². The predicted molar refractivity (Wildman–Crippen MR) is 57.5 cm³/mol. The Labute approximate surface area is 86.8 Å². The smallest absolute Gasteiger partial charge is 0.0595 e. The lowest BCUT2D eigenvalue weighted by Gasteiger charge is -2.31. The summed E-state index contributed by atoms with van der Waals surface area (Å²) in [6.45, 7) is 4.81. The van der Waals surface area contributed by atoms with Gasteiger partial charge in [-0.1, -0.05) is 0 Å². The number of nitrogens with one attached hydrogen (secondary N) is 1. The van der Waals surface area contributed by atoms with Gasteiger partial charge in [-0.2, -0.15) is 0 Å². The van der Waals surface area contributed by atoms with Gasteiger partial charge >= 0.3 is 0 Å². The van der Waals surface area contributed by atoms with E-state index in [0.717, 1.165) is 6.04 Å². The van der Waals surface area contributed by atoms with Crippen LogP contribution in [-0.4, -0.2) is 50.3 Å². The van der Waals surface area contributed by atoms with Crippen molar-refractivity contribution in [3.05, 3.63) is 0 Å². The van der Waals surface area contributed by atoms with Crippen LogP contribution in [0, 0.1) is 0 Å². The van der Waals surface area contributed by atoms with Gasteiger partial charge < -0.3 is 15.0 Å². The molecule has 2 aliphatic rings. The molecule has 14 heavy (non-hydrogen) atoms. The van der Waals surface area contributed by atoms with Crippen molar-refractivity contribution in [1.29, 1.82) is 0 Å². The zero-order chi connectivity index (χ0) is 9.80. The molecule has 0 unspecified atom stereocenters. The number of methoxy groups -OCH3 is 1. The average Bonchev–Trinajstić information content (AvgIpc) is 3.03. The molecular weight excluding hydrogens is 176 g/mol. The van der Waals surface area contributed by atoms with Gasteiger partial charge in [-0.3, -0.25) is 0 Å². The van der Waals surface area contributed by atoms with Gasteiger partial charge in [0.05, 0.1) is 6.10 Å². The zero-order valence-corrected chi connectivity index (χ0v) is 9.17. The number of piperidine rings is 1. The quantitative estimate of drug-likeness (QED) is 0.709. The summed E-state index contributed by atoms with van der Waals surface area (Å²) in [6, 6.07) is 0.853. The Morgan fingerprint density at radius 3 is 2.50 bits per heavy atom.